The van der Waals surface area contributed by atoms with Gasteiger partial charge in [0.25, 0.3) is 0 Å². The first-order chi connectivity index (χ1) is 4.75. The lowest BCUT2D eigenvalue weighted by Gasteiger charge is -2.01. The molecular weight excluding hydrogens is 134 g/mol. The van der Waals surface area contributed by atoms with Crippen molar-refractivity contribution in [2.24, 2.45) is 7.05 Å². The Labute approximate surface area is 57.8 Å². The molecule has 1 aromatic rings. The number of aromatic nitrogens is 3. The van der Waals surface area contributed by atoms with E-state index < -0.39 is 0 Å². The lowest BCUT2D eigenvalue weighted by Crippen LogP contribution is -2.22. The van der Waals surface area contributed by atoms with Crippen LogP contribution in [0, 0.1) is 0 Å². The second kappa shape index (κ2) is 2.66. The minimum Gasteiger partial charge on any atom is -0.362 e. The molecule has 1 rings (SSSR count). The Kier molecular flexibility index (Phi) is 1.86. The van der Waals surface area contributed by atoms with Gasteiger partial charge in [-0.3, -0.25) is 4.68 Å². The smallest absolute Gasteiger partial charge is 0.362 e. The molecule has 0 radical (unpaired) electrons. The average molecular weight is 143 g/mol. The Morgan fingerprint density at radius 2 is 2.50 bits per heavy atom. The second-order valence-electron chi connectivity index (χ2n) is 1.92. The van der Waals surface area contributed by atoms with Crippen molar-refractivity contribution in [1.82, 2.24) is 14.3 Å². The molecule has 0 unspecified atom stereocenters. The summed E-state index contributed by atoms with van der Waals surface area (Å²) in [5.41, 5.74) is -0.288. The summed E-state index contributed by atoms with van der Waals surface area (Å²) in [7, 11) is 3.26. The summed E-state index contributed by atoms with van der Waals surface area (Å²) in [5.74, 6) is 0. The van der Waals surface area contributed by atoms with Crippen molar-refractivity contribution in [3.05, 3.63) is 16.8 Å². The van der Waals surface area contributed by atoms with E-state index in [1.54, 1.807) is 11.7 Å². The number of methoxy groups -OCH3 is 1. The molecule has 0 atom stereocenters. The molecule has 0 aliphatic carbocycles. The highest BCUT2D eigenvalue weighted by Crippen LogP contribution is 1.77. The van der Waals surface area contributed by atoms with E-state index in [2.05, 4.69) is 4.98 Å². The molecule has 0 aliphatic rings. The molecule has 0 saturated carbocycles. The molecule has 0 aliphatic heterocycles. The van der Waals surface area contributed by atoms with Crippen LogP contribution in [0.25, 0.3) is 0 Å². The monoisotopic (exact) mass is 143 g/mol. The summed E-state index contributed by atoms with van der Waals surface area (Å²) in [6.45, 7) is 0.245. The van der Waals surface area contributed by atoms with E-state index in [0.29, 0.717) is 0 Å². The van der Waals surface area contributed by atoms with Crippen LogP contribution in [0.2, 0.25) is 0 Å². The van der Waals surface area contributed by atoms with Gasteiger partial charge in [0.1, 0.15) is 13.1 Å². The van der Waals surface area contributed by atoms with Crippen molar-refractivity contribution in [1.29, 1.82) is 0 Å². The number of nitrogens with zero attached hydrogens (tertiary/aromatic N) is 3. The van der Waals surface area contributed by atoms with Crippen LogP contribution in [0.4, 0.5) is 0 Å². The van der Waals surface area contributed by atoms with Gasteiger partial charge < -0.3 is 4.74 Å². The highest BCUT2D eigenvalue weighted by atomic mass is 16.5. The predicted octanol–water partition coefficient (Wildman–Crippen LogP) is -0.814. The molecule has 0 spiro atoms. The molecule has 0 saturated heterocycles. The van der Waals surface area contributed by atoms with Crippen LogP contribution in [-0.4, -0.2) is 21.5 Å². The Morgan fingerprint density at radius 1 is 1.80 bits per heavy atom. The standard InChI is InChI=1S/C5H9N3O2/c1-7-3-6-5(9)8(7)4-10-2/h3H,4H2,1-2H3. The van der Waals surface area contributed by atoms with Gasteiger partial charge in [-0.15, -0.1) is 0 Å². The number of aryl methyl sites for hydroxylation is 1. The number of rotatable bonds is 2. The first kappa shape index (κ1) is 7.01. The van der Waals surface area contributed by atoms with Crippen molar-refractivity contribution >= 4 is 0 Å². The highest BCUT2D eigenvalue weighted by Gasteiger charge is 1.97. The first-order valence-electron chi connectivity index (χ1n) is 2.83. The van der Waals surface area contributed by atoms with Crippen LogP contribution in [0.5, 0.6) is 0 Å². The van der Waals surface area contributed by atoms with Crippen LogP contribution < -0.4 is 5.69 Å². The van der Waals surface area contributed by atoms with Gasteiger partial charge in [0.05, 0.1) is 0 Å². The minimum absolute atomic E-state index is 0.245. The topological polar surface area (TPSA) is 49.1 Å². The zero-order chi connectivity index (χ0) is 7.56. The van der Waals surface area contributed by atoms with E-state index >= 15 is 0 Å². The Bertz CT molecular complexity index is 262. The van der Waals surface area contributed by atoms with Gasteiger partial charge in [0.15, 0.2) is 0 Å². The third-order valence-corrected chi connectivity index (χ3v) is 1.19. The molecule has 0 amide bonds. The van der Waals surface area contributed by atoms with E-state index in [1.165, 1.54) is 18.1 Å². The van der Waals surface area contributed by atoms with Crippen LogP contribution in [0.3, 0.4) is 0 Å². The second-order valence-corrected chi connectivity index (χ2v) is 1.92. The van der Waals surface area contributed by atoms with Gasteiger partial charge in [-0.2, -0.15) is 4.98 Å². The Balaban J connectivity index is 2.99. The first-order valence-corrected chi connectivity index (χ1v) is 2.83. The molecule has 5 nitrogen and oxygen atoms in total. The fourth-order valence-corrected chi connectivity index (χ4v) is 0.665. The lowest BCUT2D eigenvalue weighted by molar-refractivity contribution is 0.107. The summed E-state index contributed by atoms with van der Waals surface area (Å²) in [5, 5.41) is 0. The van der Waals surface area contributed by atoms with E-state index in [4.69, 9.17) is 4.74 Å². The summed E-state index contributed by atoms with van der Waals surface area (Å²) in [4.78, 5) is 14.3. The molecule has 0 N–H and O–H groups in total. The largest absolute Gasteiger partial charge is 0.366 e. The van der Waals surface area contributed by atoms with Gasteiger partial charge in [0.2, 0.25) is 0 Å². The van der Waals surface area contributed by atoms with Crippen molar-refractivity contribution in [2.45, 2.75) is 6.73 Å². The molecule has 0 aromatic carbocycles. The zero-order valence-corrected chi connectivity index (χ0v) is 5.94. The SMILES string of the molecule is COCn1c(=O)ncn1C. The third-order valence-electron chi connectivity index (χ3n) is 1.19. The quantitative estimate of drug-likeness (QED) is 0.543. The van der Waals surface area contributed by atoms with Gasteiger partial charge in [-0.05, 0) is 0 Å². The van der Waals surface area contributed by atoms with Crippen molar-refractivity contribution in [2.75, 3.05) is 7.11 Å². The maximum Gasteiger partial charge on any atom is 0.366 e. The van der Waals surface area contributed by atoms with E-state index in [0.717, 1.165) is 0 Å². The lowest BCUT2D eigenvalue weighted by atomic mass is 11.1. The molecule has 1 heterocycles. The summed E-state index contributed by atoms with van der Waals surface area (Å²) >= 11 is 0. The van der Waals surface area contributed by atoms with Gasteiger partial charge in [-0.25, -0.2) is 9.48 Å². The van der Waals surface area contributed by atoms with Crippen molar-refractivity contribution in [3.63, 3.8) is 0 Å². The van der Waals surface area contributed by atoms with Gasteiger partial charge in [-0.1, -0.05) is 0 Å². The van der Waals surface area contributed by atoms with Gasteiger partial charge in [0, 0.05) is 14.2 Å². The van der Waals surface area contributed by atoms with Gasteiger partial charge >= 0.3 is 5.69 Å². The highest BCUT2D eigenvalue weighted by molar-refractivity contribution is 4.60. The molecule has 0 bridgehead atoms. The van der Waals surface area contributed by atoms with E-state index in [9.17, 15) is 4.79 Å². The van der Waals surface area contributed by atoms with Crippen LogP contribution in [-0.2, 0) is 18.5 Å². The normalized spacial score (nSPS) is 10.2. The summed E-state index contributed by atoms with van der Waals surface area (Å²) in [6, 6.07) is 0. The molecular formula is C5H9N3O2. The maximum absolute atomic E-state index is 10.8. The molecule has 0 fully saturated rings. The Morgan fingerprint density at radius 3 is 2.90 bits per heavy atom. The number of ether oxygens (including phenoxy) is 1. The fourth-order valence-electron chi connectivity index (χ4n) is 0.665. The third kappa shape index (κ3) is 1.08. The average Bonchev–Trinajstić information content (AvgIpc) is 2.20. The van der Waals surface area contributed by atoms with Crippen LogP contribution >= 0.6 is 0 Å². The fraction of sp³-hybridized carbons (Fsp3) is 0.600. The number of hydrogen-bond acceptors (Lipinski definition) is 3. The van der Waals surface area contributed by atoms with Crippen molar-refractivity contribution in [3.8, 4) is 0 Å². The summed E-state index contributed by atoms with van der Waals surface area (Å²) < 4.78 is 7.70. The molecule has 56 valence electrons. The van der Waals surface area contributed by atoms with Crippen LogP contribution in [0.1, 0.15) is 0 Å². The van der Waals surface area contributed by atoms with Crippen molar-refractivity contribution < 1.29 is 4.74 Å². The molecule has 5 heteroatoms. The Hall–Kier alpha value is -1.10. The van der Waals surface area contributed by atoms with Crippen LogP contribution in [0.15, 0.2) is 11.1 Å². The molecule has 10 heavy (non-hydrogen) atoms. The summed E-state index contributed by atoms with van der Waals surface area (Å²) in [6.07, 6.45) is 1.45. The predicted molar refractivity (Wildman–Crippen MR) is 34.5 cm³/mol. The maximum atomic E-state index is 10.8. The number of hydrogen-bond donors (Lipinski definition) is 0. The minimum atomic E-state index is -0.288. The molecule has 1 aromatic heterocycles. The van der Waals surface area contributed by atoms with E-state index in [1.807, 2.05) is 0 Å². The zero-order valence-electron chi connectivity index (χ0n) is 5.94. The van der Waals surface area contributed by atoms with E-state index in [-0.39, 0.29) is 12.4 Å².